The summed E-state index contributed by atoms with van der Waals surface area (Å²) in [5.74, 6) is 0.995. The van der Waals surface area contributed by atoms with Crippen LogP contribution in [0.4, 0.5) is 23.0 Å². The zero-order valence-corrected chi connectivity index (χ0v) is 14.8. The number of aromatic nitrogens is 2. The van der Waals surface area contributed by atoms with Crippen LogP contribution in [0.5, 0.6) is 0 Å². The largest absolute Gasteiger partial charge is 0.353 e. The highest BCUT2D eigenvalue weighted by molar-refractivity contribution is 5.95. The molecule has 2 aromatic rings. The number of anilines is 3. The third kappa shape index (κ3) is 3.79. The van der Waals surface area contributed by atoms with Crippen LogP contribution in [-0.4, -0.2) is 33.8 Å². The second-order valence-corrected chi connectivity index (χ2v) is 6.58. The SMILES string of the molecule is CC(=O)c1cccc(Nc2ncnc(N3CCC(C)CC3)c2[N+](=O)[O-])c1. The lowest BCUT2D eigenvalue weighted by Crippen LogP contribution is -2.34. The van der Waals surface area contributed by atoms with E-state index < -0.39 is 4.92 Å². The Morgan fingerprint density at radius 2 is 2.04 bits per heavy atom. The van der Waals surface area contributed by atoms with Crippen LogP contribution in [0.2, 0.25) is 0 Å². The summed E-state index contributed by atoms with van der Waals surface area (Å²) in [7, 11) is 0. The number of piperidine rings is 1. The van der Waals surface area contributed by atoms with Crippen LogP contribution in [0.3, 0.4) is 0 Å². The van der Waals surface area contributed by atoms with Gasteiger partial charge in [-0.25, -0.2) is 9.97 Å². The van der Waals surface area contributed by atoms with Gasteiger partial charge in [-0.1, -0.05) is 19.1 Å². The molecule has 0 radical (unpaired) electrons. The molecule has 8 nitrogen and oxygen atoms in total. The van der Waals surface area contributed by atoms with Crippen LogP contribution in [0.25, 0.3) is 0 Å². The molecule has 1 fully saturated rings. The molecule has 1 N–H and O–H groups in total. The summed E-state index contributed by atoms with van der Waals surface area (Å²) in [5.41, 5.74) is 0.949. The first-order valence-electron chi connectivity index (χ1n) is 8.58. The second-order valence-electron chi connectivity index (χ2n) is 6.58. The summed E-state index contributed by atoms with van der Waals surface area (Å²) in [6.45, 7) is 5.12. The highest BCUT2D eigenvalue weighted by Crippen LogP contribution is 2.35. The number of hydrogen-bond donors (Lipinski definition) is 1. The van der Waals surface area contributed by atoms with E-state index in [9.17, 15) is 14.9 Å². The summed E-state index contributed by atoms with van der Waals surface area (Å²) in [5, 5.41) is 14.7. The van der Waals surface area contributed by atoms with Gasteiger partial charge in [-0.15, -0.1) is 0 Å². The number of benzene rings is 1. The highest BCUT2D eigenvalue weighted by atomic mass is 16.6. The fraction of sp³-hybridized carbons (Fsp3) is 0.389. The fourth-order valence-corrected chi connectivity index (χ4v) is 3.03. The van der Waals surface area contributed by atoms with E-state index in [-0.39, 0.29) is 17.3 Å². The molecule has 8 heteroatoms. The van der Waals surface area contributed by atoms with Gasteiger partial charge in [0.2, 0.25) is 11.6 Å². The molecule has 0 saturated carbocycles. The zero-order valence-electron chi connectivity index (χ0n) is 14.8. The molecule has 0 aliphatic carbocycles. The quantitative estimate of drug-likeness (QED) is 0.497. The molecule has 1 aromatic heterocycles. The first-order valence-corrected chi connectivity index (χ1v) is 8.58. The molecule has 0 bridgehead atoms. The molecule has 2 heterocycles. The molecule has 1 saturated heterocycles. The number of ketones is 1. The van der Waals surface area contributed by atoms with Crippen LogP contribution in [0.15, 0.2) is 30.6 Å². The summed E-state index contributed by atoms with van der Waals surface area (Å²) in [4.78, 5) is 33.0. The topological polar surface area (TPSA) is 101 Å². The number of nitrogens with one attached hydrogen (secondary N) is 1. The first-order chi connectivity index (χ1) is 12.5. The molecule has 1 aromatic carbocycles. The van der Waals surface area contributed by atoms with E-state index in [1.807, 2.05) is 4.90 Å². The van der Waals surface area contributed by atoms with Crippen molar-refractivity contribution in [3.63, 3.8) is 0 Å². The zero-order chi connectivity index (χ0) is 18.7. The normalized spacial score (nSPS) is 14.9. The van der Waals surface area contributed by atoms with Crippen molar-refractivity contribution in [1.82, 2.24) is 9.97 Å². The number of carbonyl (C=O) groups excluding carboxylic acids is 1. The lowest BCUT2D eigenvalue weighted by molar-refractivity contribution is -0.383. The Bertz CT molecular complexity index is 831. The monoisotopic (exact) mass is 355 g/mol. The van der Waals surface area contributed by atoms with Crippen molar-refractivity contribution < 1.29 is 9.72 Å². The molecule has 1 aliphatic rings. The van der Waals surface area contributed by atoms with Crippen molar-refractivity contribution in [2.24, 2.45) is 5.92 Å². The van der Waals surface area contributed by atoms with E-state index in [4.69, 9.17) is 0 Å². The maximum Gasteiger partial charge on any atom is 0.353 e. The van der Waals surface area contributed by atoms with Gasteiger partial charge in [-0.2, -0.15) is 0 Å². The number of Topliss-reactive ketones (excluding diaryl/α,β-unsaturated/α-hetero) is 1. The lowest BCUT2D eigenvalue weighted by Gasteiger charge is -2.30. The number of hydrogen-bond acceptors (Lipinski definition) is 7. The molecular weight excluding hydrogens is 334 g/mol. The fourth-order valence-electron chi connectivity index (χ4n) is 3.03. The predicted octanol–water partition coefficient (Wildman–Crippen LogP) is 3.57. The number of carbonyl (C=O) groups is 1. The van der Waals surface area contributed by atoms with Gasteiger partial charge in [-0.05, 0) is 37.8 Å². The van der Waals surface area contributed by atoms with Gasteiger partial charge >= 0.3 is 5.69 Å². The van der Waals surface area contributed by atoms with Crippen molar-refractivity contribution in [2.75, 3.05) is 23.3 Å². The summed E-state index contributed by atoms with van der Waals surface area (Å²) in [6, 6.07) is 6.80. The minimum atomic E-state index is -0.454. The average Bonchev–Trinajstić information content (AvgIpc) is 2.62. The van der Waals surface area contributed by atoms with E-state index in [2.05, 4.69) is 22.2 Å². The minimum Gasteiger partial charge on any atom is -0.351 e. The maximum atomic E-state index is 11.7. The Labute approximate surface area is 151 Å². The third-order valence-electron chi connectivity index (χ3n) is 4.60. The van der Waals surface area contributed by atoms with Gasteiger partial charge in [-0.3, -0.25) is 14.9 Å². The van der Waals surface area contributed by atoms with E-state index in [0.717, 1.165) is 25.9 Å². The van der Waals surface area contributed by atoms with Crippen LogP contribution < -0.4 is 10.2 Å². The summed E-state index contributed by atoms with van der Waals surface area (Å²) >= 11 is 0. The number of rotatable bonds is 5. The van der Waals surface area contributed by atoms with Gasteiger partial charge in [0, 0.05) is 24.3 Å². The smallest absolute Gasteiger partial charge is 0.351 e. The van der Waals surface area contributed by atoms with Crippen molar-refractivity contribution in [3.05, 3.63) is 46.3 Å². The van der Waals surface area contributed by atoms with Crippen molar-refractivity contribution in [2.45, 2.75) is 26.7 Å². The average molecular weight is 355 g/mol. The Morgan fingerprint density at radius 3 is 2.69 bits per heavy atom. The van der Waals surface area contributed by atoms with Crippen LogP contribution in [0.1, 0.15) is 37.0 Å². The van der Waals surface area contributed by atoms with Crippen LogP contribution in [0, 0.1) is 16.0 Å². The van der Waals surface area contributed by atoms with E-state index >= 15 is 0 Å². The minimum absolute atomic E-state index is 0.0750. The third-order valence-corrected chi connectivity index (χ3v) is 4.60. The molecular formula is C18H21N5O3. The molecule has 0 unspecified atom stereocenters. The summed E-state index contributed by atoms with van der Waals surface area (Å²) < 4.78 is 0. The Balaban J connectivity index is 1.94. The van der Waals surface area contributed by atoms with Crippen LogP contribution >= 0.6 is 0 Å². The second kappa shape index (κ2) is 7.47. The van der Waals surface area contributed by atoms with Crippen molar-refractivity contribution >= 4 is 28.8 Å². The molecule has 0 spiro atoms. The van der Waals surface area contributed by atoms with E-state index in [1.54, 1.807) is 24.3 Å². The molecule has 1 aliphatic heterocycles. The molecule has 0 amide bonds. The molecule has 0 atom stereocenters. The highest BCUT2D eigenvalue weighted by Gasteiger charge is 2.29. The molecule has 136 valence electrons. The first kappa shape index (κ1) is 17.8. The van der Waals surface area contributed by atoms with Gasteiger partial charge in [0.05, 0.1) is 4.92 Å². The van der Waals surface area contributed by atoms with Crippen molar-refractivity contribution in [3.8, 4) is 0 Å². The Hall–Kier alpha value is -3.03. The van der Waals surface area contributed by atoms with Crippen LogP contribution in [-0.2, 0) is 0 Å². The van der Waals surface area contributed by atoms with Crippen molar-refractivity contribution in [1.29, 1.82) is 0 Å². The van der Waals surface area contributed by atoms with E-state index in [0.29, 0.717) is 23.0 Å². The maximum absolute atomic E-state index is 11.7. The summed E-state index contributed by atoms with van der Waals surface area (Å²) in [6.07, 6.45) is 3.28. The van der Waals surface area contributed by atoms with Gasteiger partial charge in [0.25, 0.3) is 0 Å². The van der Waals surface area contributed by atoms with E-state index in [1.165, 1.54) is 13.3 Å². The standard InChI is InChI=1S/C18H21N5O3/c1-12-6-8-22(9-7-12)18-16(23(25)26)17(19-11-20-18)21-15-5-3-4-14(10-15)13(2)24/h3-5,10-12H,6-9H2,1-2H3,(H,19,20,21). The molecule has 26 heavy (non-hydrogen) atoms. The van der Waals surface area contributed by atoms with Gasteiger partial charge < -0.3 is 10.2 Å². The predicted molar refractivity (Wildman–Crippen MR) is 99.0 cm³/mol. The van der Waals surface area contributed by atoms with Gasteiger partial charge in [0.15, 0.2) is 5.78 Å². The van der Waals surface area contributed by atoms with Gasteiger partial charge in [0.1, 0.15) is 6.33 Å². The number of nitrogens with zero attached hydrogens (tertiary/aromatic N) is 4. The Morgan fingerprint density at radius 1 is 1.31 bits per heavy atom. The Kier molecular flexibility index (Phi) is 5.11. The lowest BCUT2D eigenvalue weighted by atomic mass is 9.99. The number of nitro groups is 1. The molecule has 3 rings (SSSR count).